The summed E-state index contributed by atoms with van der Waals surface area (Å²) in [7, 11) is -1.54. The van der Waals surface area contributed by atoms with Gasteiger partial charge in [-0.15, -0.1) is 0 Å². The molecule has 2 atom stereocenters. The Labute approximate surface area is 148 Å². The highest BCUT2D eigenvalue weighted by Crippen LogP contribution is 2.34. The molecule has 3 rings (SSSR count). The molecule has 2 aliphatic rings. The van der Waals surface area contributed by atoms with E-state index in [0.29, 0.717) is 18.6 Å². The van der Waals surface area contributed by atoms with Gasteiger partial charge in [-0.3, -0.25) is 9.88 Å². The minimum atomic E-state index is -1.54. The van der Waals surface area contributed by atoms with Crippen LogP contribution in [0.25, 0.3) is 0 Å². The minimum absolute atomic E-state index is 0.107. The number of hydrogen-bond acceptors (Lipinski definition) is 6. The molecule has 2 unspecified atom stereocenters. The Morgan fingerprint density at radius 1 is 1.28 bits per heavy atom. The van der Waals surface area contributed by atoms with E-state index in [0.717, 1.165) is 24.2 Å². The fraction of sp³-hybridized carbons (Fsp3) is 0.647. The van der Waals surface area contributed by atoms with E-state index in [1.165, 1.54) is 6.20 Å². The second kappa shape index (κ2) is 6.50. The summed E-state index contributed by atoms with van der Waals surface area (Å²) in [6.45, 7) is 8.94. The van der Waals surface area contributed by atoms with E-state index in [9.17, 15) is 14.8 Å². The fourth-order valence-electron chi connectivity index (χ4n) is 3.71. The molecular weight excluding hydrogens is 321 g/mol. The summed E-state index contributed by atoms with van der Waals surface area (Å²) in [6.07, 6.45) is 3.15. The van der Waals surface area contributed by atoms with Crippen LogP contribution < -0.4 is 10.4 Å². The zero-order valence-electron chi connectivity index (χ0n) is 15.3. The van der Waals surface area contributed by atoms with Crippen molar-refractivity contribution in [3.8, 4) is 0 Å². The van der Waals surface area contributed by atoms with Gasteiger partial charge in [0, 0.05) is 24.7 Å². The molecule has 2 bridgehead atoms. The van der Waals surface area contributed by atoms with Crippen molar-refractivity contribution in [2.75, 3.05) is 18.0 Å². The minimum Gasteiger partial charge on any atom is -0.444 e. The molecule has 25 heavy (non-hydrogen) atoms. The highest BCUT2D eigenvalue weighted by Gasteiger charge is 2.44. The highest BCUT2D eigenvalue weighted by atomic mass is 16.6. The predicted octanol–water partition coefficient (Wildman–Crippen LogP) is 0.658. The third kappa shape index (κ3) is 3.74. The highest BCUT2D eigenvalue weighted by molar-refractivity contribution is 6.58. The van der Waals surface area contributed by atoms with Gasteiger partial charge in [0.1, 0.15) is 5.60 Å². The summed E-state index contributed by atoms with van der Waals surface area (Å²) < 4.78 is 5.56. The van der Waals surface area contributed by atoms with Crippen LogP contribution in [0, 0.1) is 6.92 Å². The Balaban J connectivity index is 1.78. The van der Waals surface area contributed by atoms with Gasteiger partial charge in [0.15, 0.2) is 0 Å². The van der Waals surface area contributed by atoms with E-state index in [-0.39, 0.29) is 18.2 Å². The number of piperazine rings is 1. The van der Waals surface area contributed by atoms with Crippen molar-refractivity contribution in [1.82, 2.24) is 9.88 Å². The summed E-state index contributed by atoms with van der Waals surface area (Å²) in [5, 5.41) is 18.8. The number of anilines is 1. The first-order valence-electron chi connectivity index (χ1n) is 8.74. The van der Waals surface area contributed by atoms with Crippen molar-refractivity contribution in [3.05, 3.63) is 18.0 Å². The van der Waals surface area contributed by atoms with E-state index in [4.69, 9.17) is 4.74 Å². The molecule has 2 N–H and O–H groups in total. The number of carbonyl (C=O) groups excluding carboxylic acids is 1. The van der Waals surface area contributed by atoms with Crippen molar-refractivity contribution in [2.45, 2.75) is 58.2 Å². The Morgan fingerprint density at radius 3 is 2.40 bits per heavy atom. The molecule has 1 aromatic rings. The van der Waals surface area contributed by atoms with E-state index >= 15 is 0 Å². The van der Waals surface area contributed by atoms with Crippen molar-refractivity contribution >= 4 is 24.4 Å². The zero-order valence-corrected chi connectivity index (χ0v) is 15.3. The van der Waals surface area contributed by atoms with Crippen LogP contribution in [0.4, 0.5) is 10.5 Å². The Morgan fingerprint density at radius 2 is 1.88 bits per heavy atom. The van der Waals surface area contributed by atoms with Gasteiger partial charge in [-0.05, 0) is 46.6 Å². The van der Waals surface area contributed by atoms with E-state index in [1.54, 1.807) is 6.07 Å². The van der Waals surface area contributed by atoms with E-state index < -0.39 is 12.7 Å². The number of carbonyl (C=O) groups is 1. The van der Waals surface area contributed by atoms with Gasteiger partial charge in [-0.2, -0.15) is 0 Å². The molecule has 0 spiro atoms. The molecule has 2 fully saturated rings. The number of amides is 1. The maximum atomic E-state index is 12.5. The summed E-state index contributed by atoms with van der Waals surface area (Å²) in [6, 6.07) is 1.99. The summed E-state index contributed by atoms with van der Waals surface area (Å²) in [5.41, 5.74) is 1.61. The molecule has 136 valence electrons. The molecule has 0 radical (unpaired) electrons. The molecule has 7 nitrogen and oxygen atoms in total. The van der Waals surface area contributed by atoms with E-state index in [2.05, 4.69) is 9.88 Å². The zero-order chi connectivity index (χ0) is 18.4. The third-order valence-electron chi connectivity index (χ3n) is 4.81. The van der Waals surface area contributed by atoms with Crippen LogP contribution in [-0.2, 0) is 4.74 Å². The van der Waals surface area contributed by atoms with Crippen molar-refractivity contribution in [1.29, 1.82) is 0 Å². The van der Waals surface area contributed by atoms with Gasteiger partial charge in [0.05, 0.1) is 23.5 Å². The van der Waals surface area contributed by atoms with Crippen molar-refractivity contribution in [3.63, 3.8) is 0 Å². The van der Waals surface area contributed by atoms with Gasteiger partial charge in [-0.25, -0.2) is 4.79 Å². The van der Waals surface area contributed by atoms with Gasteiger partial charge in [0.2, 0.25) is 0 Å². The maximum absolute atomic E-state index is 12.5. The molecule has 0 saturated carbocycles. The summed E-state index contributed by atoms with van der Waals surface area (Å²) in [5.74, 6) is 0. The quantitative estimate of drug-likeness (QED) is 0.765. The molecular formula is C17H26BN3O4. The molecule has 8 heteroatoms. The van der Waals surface area contributed by atoms with Crippen LogP contribution in [0.1, 0.15) is 39.3 Å². The predicted molar refractivity (Wildman–Crippen MR) is 95.9 cm³/mol. The van der Waals surface area contributed by atoms with Crippen LogP contribution in [-0.4, -0.2) is 63.9 Å². The molecule has 1 amide bonds. The second-order valence-corrected chi connectivity index (χ2v) is 7.92. The van der Waals surface area contributed by atoms with Gasteiger partial charge < -0.3 is 19.7 Å². The number of rotatable bonds is 2. The van der Waals surface area contributed by atoms with Gasteiger partial charge in [-0.1, -0.05) is 0 Å². The molecule has 0 aliphatic carbocycles. The average molecular weight is 347 g/mol. The lowest BCUT2D eigenvalue weighted by Gasteiger charge is -2.42. The van der Waals surface area contributed by atoms with Crippen molar-refractivity contribution < 1.29 is 19.6 Å². The van der Waals surface area contributed by atoms with Crippen LogP contribution in [0.3, 0.4) is 0 Å². The molecule has 2 saturated heterocycles. The monoisotopic (exact) mass is 347 g/mol. The number of pyridine rings is 1. The first-order valence-corrected chi connectivity index (χ1v) is 8.74. The summed E-state index contributed by atoms with van der Waals surface area (Å²) in [4.78, 5) is 20.9. The first kappa shape index (κ1) is 18.0. The van der Waals surface area contributed by atoms with Crippen LogP contribution >= 0.6 is 0 Å². The first-order chi connectivity index (χ1) is 11.7. The Kier molecular flexibility index (Phi) is 4.68. The fourth-order valence-corrected chi connectivity index (χ4v) is 3.71. The molecule has 0 aromatic carbocycles. The lowest BCUT2D eigenvalue weighted by atomic mass is 9.81. The normalized spacial score (nSPS) is 23.0. The second-order valence-electron chi connectivity index (χ2n) is 7.92. The molecule has 2 aliphatic heterocycles. The number of nitrogens with zero attached hydrogens (tertiary/aromatic N) is 3. The van der Waals surface area contributed by atoms with Gasteiger partial charge in [0.25, 0.3) is 0 Å². The van der Waals surface area contributed by atoms with E-state index in [1.807, 2.05) is 32.6 Å². The average Bonchev–Trinajstić information content (AvgIpc) is 2.76. The summed E-state index contributed by atoms with van der Waals surface area (Å²) >= 11 is 0. The van der Waals surface area contributed by atoms with Crippen LogP contribution in [0.15, 0.2) is 12.3 Å². The largest absolute Gasteiger partial charge is 0.490 e. The standard InChI is InChI=1S/C17H26BN3O4/c1-11-15(7-12(8-19-11)18(23)24)20-9-13-5-6-14(10-20)21(13)16(22)25-17(2,3)4/h7-8,13-14,23-24H,5-6,9-10H2,1-4H3. The Bertz CT molecular complexity index is 648. The van der Waals surface area contributed by atoms with Gasteiger partial charge >= 0.3 is 13.2 Å². The topological polar surface area (TPSA) is 86.1 Å². The molecule has 1 aromatic heterocycles. The number of hydrogen-bond donors (Lipinski definition) is 2. The number of aryl methyl sites for hydroxylation is 1. The lowest BCUT2D eigenvalue weighted by molar-refractivity contribution is 0.0123. The number of ether oxygens (including phenoxy) is 1. The SMILES string of the molecule is Cc1ncc(B(O)O)cc1N1CC2CCC(C1)N2C(=O)OC(C)(C)C. The van der Waals surface area contributed by atoms with Crippen LogP contribution in [0.2, 0.25) is 0 Å². The number of aromatic nitrogens is 1. The van der Waals surface area contributed by atoms with Crippen LogP contribution in [0.5, 0.6) is 0 Å². The maximum Gasteiger partial charge on any atom is 0.490 e. The molecule has 3 heterocycles. The van der Waals surface area contributed by atoms with Crippen molar-refractivity contribution in [2.24, 2.45) is 0 Å². The Hall–Kier alpha value is -1.80. The lowest BCUT2D eigenvalue weighted by Crippen LogP contribution is -2.57. The smallest absolute Gasteiger partial charge is 0.444 e. The third-order valence-corrected chi connectivity index (χ3v) is 4.81. The number of fused-ring (bicyclic) bond motifs is 2.